The van der Waals surface area contributed by atoms with Crippen molar-refractivity contribution < 1.29 is 4.79 Å². The summed E-state index contributed by atoms with van der Waals surface area (Å²) < 4.78 is 0. The third kappa shape index (κ3) is 1.23. The fraction of sp³-hybridized carbons (Fsp3) is 0.100. The molecule has 0 aliphatic carbocycles. The number of halogens is 1. The first kappa shape index (κ1) is 8.32. The monoisotopic (exact) mass is 193 g/mol. The van der Waals surface area contributed by atoms with Crippen LogP contribution in [0.4, 0.5) is 0 Å². The highest BCUT2D eigenvalue weighted by atomic mass is 35.5. The number of carbonyl (C=O) groups is 1. The fourth-order valence-electron chi connectivity index (χ4n) is 1.38. The largest absolute Gasteiger partial charge is 0.357 e. The maximum absolute atomic E-state index is 10.5. The highest BCUT2D eigenvalue weighted by Crippen LogP contribution is 2.27. The highest BCUT2D eigenvalue weighted by molar-refractivity contribution is 6.36. The van der Waals surface area contributed by atoms with Gasteiger partial charge < -0.3 is 4.98 Å². The van der Waals surface area contributed by atoms with Crippen molar-refractivity contribution in [1.82, 2.24) is 4.98 Å². The van der Waals surface area contributed by atoms with Gasteiger partial charge in [-0.3, -0.25) is 4.79 Å². The molecule has 0 aliphatic rings. The predicted octanol–water partition coefficient (Wildman–Crippen LogP) is 2.94. The van der Waals surface area contributed by atoms with E-state index in [1.54, 1.807) is 12.1 Å². The molecule has 1 aromatic heterocycles. The number of aryl methyl sites for hydroxylation is 1. The molecule has 2 rings (SSSR count). The van der Waals surface area contributed by atoms with Gasteiger partial charge in [0.2, 0.25) is 0 Å². The second-order valence-corrected chi connectivity index (χ2v) is 3.36. The van der Waals surface area contributed by atoms with Crippen LogP contribution in [0, 0.1) is 6.92 Å². The molecule has 1 aromatic carbocycles. The quantitative estimate of drug-likeness (QED) is 0.694. The van der Waals surface area contributed by atoms with Crippen molar-refractivity contribution in [3.8, 4) is 0 Å². The van der Waals surface area contributed by atoms with Crippen LogP contribution < -0.4 is 0 Å². The van der Waals surface area contributed by atoms with Gasteiger partial charge in [0.25, 0.3) is 0 Å². The van der Waals surface area contributed by atoms with Gasteiger partial charge in [0, 0.05) is 22.2 Å². The summed E-state index contributed by atoms with van der Waals surface area (Å²) in [4.78, 5) is 13.6. The Labute approximate surface area is 80.5 Å². The molecule has 1 heterocycles. The van der Waals surface area contributed by atoms with Crippen LogP contribution in [0.5, 0.6) is 0 Å². The Balaban J connectivity index is 2.81. The van der Waals surface area contributed by atoms with Gasteiger partial charge in [0.05, 0.1) is 5.02 Å². The molecule has 0 aliphatic heterocycles. The number of nitrogens with one attached hydrogen (secondary N) is 1. The number of benzene rings is 1. The third-order valence-electron chi connectivity index (χ3n) is 2.07. The van der Waals surface area contributed by atoms with Gasteiger partial charge >= 0.3 is 0 Å². The van der Waals surface area contributed by atoms with Gasteiger partial charge in [-0.1, -0.05) is 11.6 Å². The molecular formula is C10H8ClNO. The van der Waals surface area contributed by atoms with E-state index in [0.29, 0.717) is 10.6 Å². The zero-order chi connectivity index (χ0) is 9.42. The smallest absolute Gasteiger partial charge is 0.150 e. The number of aromatic amines is 1. The molecule has 0 atom stereocenters. The molecule has 2 aromatic rings. The highest BCUT2D eigenvalue weighted by Gasteiger charge is 2.05. The molecule has 0 saturated carbocycles. The topological polar surface area (TPSA) is 32.9 Å². The summed E-state index contributed by atoms with van der Waals surface area (Å²) in [5.74, 6) is 0. The number of rotatable bonds is 1. The first-order valence-corrected chi connectivity index (χ1v) is 4.33. The van der Waals surface area contributed by atoms with Crippen molar-refractivity contribution in [3.63, 3.8) is 0 Å². The lowest BCUT2D eigenvalue weighted by molar-refractivity contribution is 0.112. The van der Waals surface area contributed by atoms with Crippen LogP contribution in [-0.4, -0.2) is 11.3 Å². The molecule has 0 radical (unpaired) electrons. The summed E-state index contributed by atoms with van der Waals surface area (Å²) in [6, 6.07) is 5.41. The predicted molar refractivity (Wildman–Crippen MR) is 53.4 cm³/mol. The Morgan fingerprint density at radius 1 is 1.46 bits per heavy atom. The molecule has 0 amide bonds. The maximum atomic E-state index is 10.5. The molecular weight excluding hydrogens is 186 g/mol. The summed E-state index contributed by atoms with van der Waals surface area (Å²) in [6.07, 6.45) is 0.818. The van der Waals surface area contributed by atoms with Crippen LogP contribution in [0.1, 0.15) is 16.1 Å². The van der Waals surface area contributed by atoms with E-state index in [9.17, 15) is 4.79 Å². The minimum absolute atomic E-state index is 0.647. The van der Waals surface area contributed by atoms with E-state index in [0.717, 1.165) is 22.9 Å². The van der Waals surface area contributed by atoms with Crippen LogP contribution in [0.3, 0.4) is 0 Å². The molecule has 13 heavy (non-hydrogen) atoms. The van der Waals surface area contributed by atoms with E-state index >= 15 is 0 Å². The van der Waals surface area contributed by atoms with Crippen molar-refractivity contribution in [2.24, 2.45) is 0 Å². The van der Waals surface area contributed by atoms with Crippen LogP contribution in [0.25, 0.3) is 10.9 Å². The number of aromatic nitrogens is 1. The van der Waals surface area contributed by atoms with Crippen molar-refractivity contribution in [2.45, 2.75) is 6.92 Å². The summed E-state index contributed by atoms with van der Waals surface area (Å²) in [5, 5.41) is 1.60. The Kier molecular flexibility index (Phi) is 1.85. The van der Waals surface area contributed by atoms with Crippen molar-refractivity contribution in [2.75, 3.05) is 0 Å². The SMILES string of the molecule is Cc1[nH]c2ccc(C=O)cc2c1Cl. The van der Waals surface area contributed by atoms with Gasteiger partial charge in [-0.25, -0.2) is 0 Å². The zero-order valence-electron chi connectivity index (χ0n) is 7.10. The minimum atomic E-state index is 0.647. The Hall–Kier alpha value is -1.28. The van der Waals surface area contributed by atoms with E-state index in [4.69, 9.17) is 11.6 Å². The molecule has 0 spiro atoms. The number of hydrogen-bond acceptors (Lipinski definition) is 1. The lowest BCUT2D eigenvalue weighted by atomic mass is 10.2. The summed E-state index contributed by atoms with van der Waals surface area (Å²) >= 11 is 6.02. The standard InChI is InChI=1S/C10H8ClNO/c1-6-10(11)8-4-7(5-13)2-3-9(8)12-6/h2-5,12H,1H3. The van der Waals surface area contributed by atoms with E-state index in [2.05, 4.69) is 4.98 Å². The average molecular weight is 194 g/mol. The normalized spacial score (nSPS) is 10.6. The van der Waals surface area contributed by atoms with Crippen molar-refractivity contribution in [3.05, 3.63) is 34.5 Å². The van der Waals surface area contributed by atoms with Gasteiger partial charge in [-0.15, -0.1) is 0 Å². The third-order valence-corrected chi connectivity index (χ3v) is 2.55. The van der Waals surface area contributed by atoms with Crippen LogP contribution in [-0.2, 0) is 0 Å². The van der Waals surface area contributed by atoms with Crippen LogP contribution in [0.15, 0.2) is 18.2 Å². The number of fused-ring (bicyclic) bond motifs is 1. The van der Waals surface area contributed by atoms with E-state index in [1.165, 1.54) is 0 Å². The number of hydrogen-bond donors (Lipinski definition) is 1. The number of aldehydes is 1. The van der Waals surface area contributed by atoms with Gasteiger partial charge in [0.1, 0.15) is 6.29 Å². The van der Waals surface area contributed by atoms with Crippen molar-refractivity contribution in [1.29, 1.82) is 0 Å². The lowest BCUT2D eigenvalue weighted by Gasteiger charge is -1.91. The summed E-state index contributed by atoms with van der Waals surface area (Å²) in [6.45, 7) is 1.91. The molecule has 1 N–H and O–H groups in total. The second kappa shape index (κ2) is 2.89. The molecule has 3 heteroatoms. The first-order chi connectivity index (χ1) is 6.22. The molecule has 0 saturated heterocycles. The maximum Gasteiger partial charge on any atom is 0.150 e. The summed E-state index contributed by atoms with van der Waals surface area (Å²) in [5.41, 5.74) is 2.54. The Bertz CT molecular complexity index is 473. The Morgan fingerprint density at radius 2 is 2.23 bits per heavy atom. The van der Waals surface area contributed by atoms with E-state index < -0.39 is 0 Å². The second-order valence-electron chi connectivity index (χ2n) is 2.99. The summed E-state index contributed by atoms with van der Waals surface area (Å²) in [7, 11) is 0. The minimum Gasteiger partial charge on any atom is -0.357 e. The lowest BCUT2D eigenvalue weighted by Crippen LogP contribution is -1.77. The number of H-pyrrole nitrogens is 1. The molecule has 2 nitrogen and oxygen atoms in total. The molecule has 0 unspecified atom stereocenters. The number of carbonyl (C=O) groups excluding carboxylic acids is 1. The van der Waals surface area contributed by atoms with E-state index in [-0.39, 0.29) is 0 Å². The van der Waals surface area contributed by atoms with E-state index in [1.807, 2.05) is 13.0 Å². The van der Waals surface area contributed by atoms with Gasteiger partial charge in [-0.2, -0.15) is 0 Å². The van der Waals surface area contributed by atoms with Gasteiger partial charge in [-0.05, 0) is 25.1 Å². The average Bonchev–Trinajstić information content (AvgIpc) is 2.43. The fourth-order valence-corrected chi connectivity index (χ4v) is 1.59. The molecule has 0 fully saturated rings. The van der Waals surface area contributed by atoms with Crippen molar-refractivity contribution >= 4 is 28.8 Å². The van der Waals surface area contributed by atoms with Crippen LogP contribution in [0.2, 0.25) is 5.02 Å². The van der Waals surface area contributed by atoms with Crippen LogP contribution >= 0.6 is 11.6 Å². The first-order valence-electron chi connectivity index (χ1n) is 3.95. The Morgan fingerprint density at radius 3 is 2.92 bits per heavy atom. The zero-order valence-corrected chi connectivity index (χ0v) is 7.85. The molecule has 66 valence electrons. The van der Waals surface area contributed by atoms with Gasteiger partial charge in [0.15, 0.2) is 0 Å². The molecule has 0 bridgehead atoms.